The summed E-state index contributed by atoms with van der Waals surface area (Å²) in [6, 6.07) is 3.03. The number of carbonyl (C=O) groups is 2. The highest BCUT2D eigenvalue weighted by atomic mass is 32.2. The Bertz CT molecular complexity index is 571. The van der Waals surface area contributed by atoms with E-state index in [2.05, 4.69) is 16.0 Å². The number of amides is 2. The van der Waals surface area contributed by atoms with E-state index in [-0.39, 0.29) is 28.9 Å². The van der Waals surface area contributed by atoms with Gasteiger partial charge in [0, 0.05) is 18.5 Å². The van der Waals surface area contributed by atoms with Gasteiger partial charge in [-0.25, -0.2) is 8.78 Å². The molecule has 3 N–H and O–H groups in total. The van der Waals surface area contributed by atoms with E-state index in [0.717, 1.165) is 12.5 Å². The van der Waals surface area contributed by atoms with Crippen LogP contribution in [0.3, 0.4) is 0 Å². The fraction of sp³-hybridized carbons (Fsp3) is 0.429. The first-order valence-corrected chi connectivity index (χ1v) is 7.94. The minimum Gasteiger partial charge on any atom is -0.332 e. The molecule has 0 spiro atoms. The number of hydrogen-bond acceptors (Lipinski definition) is 4. The third-order valence-electron chi connectivity index (χ3n) is 3.19. The molecular formula is C14H17F2N3O2S. The van der Waals surface area contributed by atoms with E-state index in [1.807, 2.05) is 6.92 Å². The van der Waals surface area contributed by atoms with Crippen LogP contribution in [-0.4, -0.2) is 29.1 Å². The summed E-state index contributed by atoms with van der Waals surface area (Å²) in [5.41, 5.74) is -0.422. The van der Waals surface area contributed by atoms with Crippen molar-refractivity contribution in [3.63, 3.8) is 0 Å². The topological polar surface area (TPSA) is 70.2 Å². The van der Waals surface area contributed by atoms with Gasteiger partial charge in [-0.2, -0.15) is 0 Å². The minimum absolute atomic E-state index is 0.0329. The summed E-state index contributed by atoms with van der Waals surface area (Å²) in [6.45, 7) is 1.97. The van der Waals surface area contributed by atoms with Crippen LogP contribution in [0.5, 0.6) is 0 Å². The third kappa shape index (κ3) is 4.67. The average molecular weight is 329 g/mol. The Hall–Kier alpha value is -1.67. The van der Waals surface area contributed by atoms with E-state index in [9.17, 15) is 18.4 Å². The Labute approximate surface area is 131 Å². The summed E-state index contributed by atoms with van der Waals surface area (Å²) in [4.78, 5) is 23.3. The number of nitrogens with one attached hydrogen (secondary N) is 3. The lowest BCUT2D eigenvalue weighted by molar-refractivity contribution is -0.123. The van der Waals surface area contributed by atoms with Gasteiger partial charge >= 0.3 is 0 Å². The standard InChI is InChI=1S/C14H17F2N3O2S/c1-2-9-6-12(20)19-14(17-9)22-7-13(21)18-11-4-3-8(15)5-10(11)16/h3-5,9,14,17H,2,6-7H2,1H3,(H,18,21)(H,19,20). The zero-order valence-electron chi connectivity index (χ0n) is 12.0. The Morgan fingerprint density at radius 3 is 2.91 bits per heavy atom. The highest BCUT2D eigenvalue weighted by Gasteiger charge is 2.25. The molecule has 1 fully saturated rings. The van der Waals surface area contributed by atoms with Gasteiger partial charge in [0.05, 0.1) is 11.4 Å². The van der Waals surface area contributed by atoms with Gasteiger partial charge in [-0.1, -0.05) is 6.92 Å². The molecule has 22 heavy (non-hydrogen) atoms. The normalized spacial score (nSPS) is 21.3. The molecule has 0 aliphatic carbocycles. The number of thioether (sulfide) groups is 1. The zero-order valence-corrected chi connectivity index (χ0v) is 12.8. The molecule has 2 atom stereocenters. The number of halogens is 2. The van der Waals surface area contributed by atoms with Gasteiger partial charge in [-0.05, 0) is 18.6 Å². The van der Waals surface area contributed by atoms with Gasteiger partial charge in [0.25, 0.3) is 0 Å². The molecule has 2 unspecified atom stereocenters. The van der Waals surface area contributed by atoms with Gasteiger partial charge in [0.1, 0.15) is 17.1 Å². The monoisotopic (exact) mass is 329 g/mol. The first-order valence-electron chi connectivity index (χ1n) is 6.90. The van der Waals surface area contributed by atoms with Crippen LogP contribution in [0, 0.1) is 11.6 Å². The fourth-order valence-corrected chi connectivity index (χ4v) is 2.93. The molecule has 8 heteroatoms. The van der Waals surface area contributed by atoms with Gasteiger partial charge in [-0.15, -0.1) is 11.8 Å². The van der Waals surface area contributed by atoms with Crippen molar-refractivity contribution < 1.29 is 18.4 Å². The molecule has 0 saturated carbocycles. The quantitative estimate of drug-likeness (QED) is 0.770. The van der Waals surface area contributed by atoms with Crippen LogP contribution in [-0.2, 0) is 9.59 Å². The molecule has 0 bridgehead atoms. The molecule has 2 rings (SSSR count). The molecule has 0 radical (unpaired) electrons. The van der Waals surface area contributed by atoms with Crippen molar-refractivity contribution in [2.45, 2.75) is 31.3 Å². The molecule has 1 aromatic rings. The highest BCUT2D eigenvalue weighted by Crippen LogP contribution is 2.17. The second kappa shape index (κ2) is 7.55. The number of rotatable bonds is 5. The summed E-state index contributed by atoms with van der Waals surface area (Å²) >= 11 is 1.20. The molecule has 5 nitrogen and oxygen atoms in total. The molecule has 1 aliphatic heterocycles. The largest absolute Gasteiger partial charge is 0.332 e. The molecule has 1 aromatic carbocycles. The lowest BCUT2D eigenvalue weighted by atomic mass is 10.1. The van der Waals surface area contributed by atoms with Crippen LogP contribution >= 0.6 is 11.8 Å². The predicted molar refractivity (Wildman–Crippen MR) is 81.2 cm³/mol. The maximum atomic E-state index is 13.4. The highest BCUT2D eigenvalue weighted by molar-refractivity contribution is 8.00. The van der Waals surface area contributed by atoms with E-state index in [0.29, 0.717) is 12.5 Å². The lowest BCUT2D eigenvalue weighted by Crippen LogP contribution is -2.54. The fourth-order valence-electron chi connectivity index (χ4n) is 2.03. The maximum absolute atomic E-state index is 13.4. The van der Waals surface area contributed by atoms with E-state index in [1.54, 1.807) is 0 Å². The number of anilines is 1. The SMILES string of the molecule is CCC1CC(=O)NC(SCC(=O)Nc2ccc(F)cc2F)N1. The van der Waals surface area contributed by atoms with Crippen LogP contribution in [0.4, 0.5) is 14.5 Å². The summed E-state index contributed by atoms with van der Waals surface area (Å²) in [5, 5.41) is 8.30. The maximum Gasteiger partial charge on any atom is 0.234 e. The van der Waals surface area contributed by atoms with Crippen molar-refractivity contribution in [2.75, 3.05) is 11.1 Å². The smallest absolute Gasteiger partial charge is 0.234 e. The Morgan fingerprint density at radius 1 is 1.45 bits per heavy atom. The van der Waals surface area contributed by atoms with Crippen molar-refractivity contribution in [1.82, 2.24) is 10.6 Å². The molecule has 1 aliphatic rings. The van der Waals surface area contributed by atoms with Gasteiger partial charge in [0.2, 0.25) is 11.8 Å². The Kier molecular flexibility index (Phi) is 5.73. The van der Waals surface area contributed by atoms with Crippen LogP contribution in [0.15, 0.2) is 18.2 Å². The van der Waals surface area contributed by atoms with Crippen LogP contribution in [0.2, 0.25) is 0 Å². The summed E-state index contributed by atoms with van der Waals surface area (Å²) < 4.78 is 26.2. The average Bonchev–Trinajstić information content (AvgIpc) is 2.47. The van der Waals surface area contributed by atoms with E-state index >= 15 is 0 Å². The minimum atomic E-state index is -0.825. The van der Waals surface area contributed by atoms with Crippen molar-refractivity contribution in [3.8, 4) is 0 Å². The zero-order chi connectivity index (χ0) is 16.1. The first-order chi connectivity index (χ1) is 10.5. The van der Waals surface area contributed by atoms with Crippen LogP contribution < -0.4 is 16.0 Å². The lowest BCUT2D eigenvalue weighted by Gasteiger charge is -2.30. The van der Waals surface area contributed by atoms with E-state index < -0.39 is 17.5 Å². The summed E-state index contributed by atoms with van der Waals surface area (Å²) in [5.74, 6) is -1.98. The van der Waals surface area contributed by atoms with Gasteiger partial charge in [-0.3, -0.25) is 14.9 Å². The van der Waals surface area contributed by atoms with Crippen molar-refractivity contribution in [2.24, 2.45) is 0 Å². The first kappa shape index (κ1) is 16.7. The van der Waals surface area contributed by atoms with Crippen LogP contribution in [0.1, 0.15) is 19.8 Å². The second-order valence-corrected chi connectivity index (χ2v) is 6.00. The number of carbonyl (C=O) groups excluding carboxylic acids is 2. The molecule has 2 amide bonds. The Morgan fingerprint density at radius 2 is 2.23 bits per heavy atom. The van der Waals surface area contributed by atoms with Gasteiger partial charge in [0.15, 0.2) is 0 Å². The molecule has 120 valence electrons. The summed E-state index contributed by atoms with van der Waals surface area (Å²) in [6.07, 6.45) is 1.23. The third-order valence-corrected chi connectivity index (χ3v) is 4.21. The molecule has 1 heterocycles. The Balaban J connectivity index is 1.83. The number of benzene rings is 1. The molecule has 1 saturated heterocycles. The van der Waals surface area contributed by atoms with Crippen molar-refractivity contribution >= 4 is 29.3 Å². The van der Waals surface area contributed by atoms with Gasteiger partial charge < -0.3 is 10.6 Å². The van der Waals surface area contributed by atoms with E-state index in [4.69, 9.17) is 0 Å². The predicted octanol–water partition coefficient (Wildman–Crippen LogP) is 1.81. The summed E-state index contributed by atoms with van der Waals surface area (Å²) in [7, 11) is 0. The second-order valence-electron chi connectivity index (χ2n) is 4.91. The molecular weight excluding hydrogens is 312 g/mol. The molecule has 0 aromatic heterocycles. The van der Waals surface area contributed by atoms with Crippen LogP contribution in [0.25, 0.3) is 0 Å². The van der Waals surface area contributed by atoms with Crippen molar-refractivity contribution in [1.29, 1.82) is 0 Å². The number of hydrogen-bond donors (Lipinski definition) is 3. The van der Waals surface area contributed by atoms with E-state index in [1.165, 1.54) is 17.8 Å². The van der Waals surface area contributed by atoms with Crippen molar-refractivity contribution in [3.05, 3.63) is 29.8 Å².